The van der Waals surface area contributed by atoms with Gasteiger partial charge in [0.15, 0.2) is 0 Å². The molecule has 21 heavy (non-hydrogen) atoms. The Hall–Kier alpha value is -1.95. The minimum Gasteiger partial charge on any atom is -0.507 e. The van der Waals surface area contributed by atoms with Crippen LogP contribution in [0.3, 0.4) is 0 Å². The summed E-state index contributed by atoms with van der Waals surface area (Å²) in [6.07, 6.45) is 0. The van der Waals surface area contributed by atoms with Crippen molar-refractivity contribution >= 4 is 21.8 Å². The molecule has 2 aromatic rings. The number of carbonyl (C=O) groups excluding carboxylic acids is 1. The van der Waals surface area contributed by atoms with Crippen molar-refractivity contribution in [1.82, 2.24) is 5.32 Å². The standard InChI is InChI=1S/C15H12BrF2NO2/c1-8-4-11(14(20)6-12(8)17)15(21)19-7-9-2-3-10(16)5-13(9)18/h2-6,20H,7H2,1H3,(H,19,21). The summed E-state index contributed by atoms with van der Waals surface area (Å²) in [6, 6.07) is 6.61. The van der Waals surface area contributed by atoms with Crippen LogP contribution in [0.5, 0.6) is 5.75 Å². The lowest BCUT2D eigenvalue weighted by atomic mass is 10.1. The number of aromatic hydroxyl groups is 1. The molecule has 0 fully saturated rings. The Balaban J connectivity index is 2.13. The number of phenolic OH excluding ortho intramolecular Hbond substituents is 1. The Bertz CT molecular complexity index is 704. The lowest BCUT2D eigenvalue weighted by Gasteiger charge is -2.09. The fraction of sp³-hybridized carbons (Fsp3) is 0.133. The molecule has 0 saturated heterocycles. The van der Waals surface area contributed by atoms with Crippen LogP contribution in [0.2, 0.25) is 0 Å². The van der Waals surface area contributed by atoms with Gasteiger partial charge < -0.3 is 10.4 Å². The summed E-state index contributed by atoms with van der Waals surface area (Å²) in [7, 11) is 0. The number of amides is 1. The van der Waals surface area contributed by atoms with Crippen molar-refractivity contribution in [2.45, 2.75) is 13.5 Å². The number of nitrogens with one attached hydrogen (secondary N) is 1. The molecule has 110 valence electrons. The monoisotopic (exact) mass is 355 g/mol. The summed E-state index contributed by atoms with van der Waals surface area (Å²) in [4.78, 5) is 12.0. The molecular formula is C15H12BrF2NO2. The van der Waals surface area contributed by atoms with Crippen molar-refractivity contribution < 1.29 is 18.7 Å². The van der Waals surface area contributed by atoms with Crippen LogP contribution < -0.4 is 5.32 Å². The molecule has 3 nitrogen and oxygen atoms in total. The molecule has 0 saturated carbocycles. The number of halogens is 3. The fourth-order valence-corrected chi connectivity index (χ4v) is 2.12. The predicted molar refractivity (Wildman–Crippen MR) is 78.1 cm³/mol. The zero-order valence-corrected chi connectivity index (χ0v) is 12.7. The summed E-state index contributed by atoms with van der Waals surface area (Å²) in [5, 5.41) is 12.1. The Kier molecular flexibility index (Phi) is 4.57. The first kappa shape index (κ1) is 15.4. The van der Waals surface area contributed by atoms with Gasteiger partial charge in [0.05, 0.1) is 5.56 Å². The molecule has 1 amide bonds. The van der Waals surface area contributed by atoms with E-state index in [0.717, 1.165) is 6.07 Å². The maximum absolute atomic E-state index is 13.6. The predicted octanol–water partition coefficient (Wildman–Crippen LogP) is 3.67. The lowest BCUT2D eigenvalue weighted by molar-refractivity contribution is 0.0947. The number of carbonyl (C=O) groups is 1. The molecule has 2 rings (SSSR count). The average Bonchev–Trinajstić information content (AvgIpc) is 2.41. The van der Waals surface area contributed by atoms with Gasteiger partial charge in [-0.2, -0.15) is 0 Å². The van der Waals surface area contributed by atoms with E-state index in [9.17, 15) is 18.7 Å². The van der Waals surface area contributed by atoms with Gasteiger partial charge >= 0.3 is 0 Å². The van der Waals surface area contributed by atoms with E-state index in [0.29, 0.717) is 10.0 Å². The number of hydrogen-bond donors (Lipinski definition) is 2. The first-order valence-electron chi connectivity index (χ1n) is 6.09. The van der Waals surface area contributed by atoms with Gasteiger partial charge in [0.25, 0.3) is 5.91 Å². The number of rotatable bonds is 3. The van der Waals surface area contributed by atoms with Crippen LogP contribution in [0, 0.1) is 18.6 Å². The largest absolute Gasteiger partial charge is 0.507 e. The molecule has 0 aliphatic heterocycles. The third-order valence-electron chi connectivity index (χ3n) is 2.98. The van der Waals surface area contributed by atoms with E-state index in [1.807, 2.05) is 0 Å². The number of hydrogen-bond acceptors (Lipinski definition) is 2. The minimum absolute atomic E-state index is 0.0339. The second-order valence-corrected chi connectivity index (χ2v) is 5.45. The van der Waals surface area contributed by atoms with Crippen molar-refractivity contribution in [2.75, 3.05) is 0 Å². The summed E-state index contributed by atoms with van der Waals surface area (Å²) in [5.41, 5.74) is 0.504. The molecule has 6 heteroatoms. The topological polar surface area (TPSA) is 49.3 Å². The summed E-state index contributed by atoms with van der Waals surface area (Å²) in [5.74, 6) is -2.10. The lowest BCUT2D eigenvalue weighted by Crippen LogP contribution is -2.23. The molecule has 2 aromatic carbocycles. The average molecular weight is 356 g/mol. The highest BCUT2D eigenvalue weighted by atomic mass is 79.9. The highest BCUT2D eigenvalue weighted by molar-refractivity contribution is 9.10. The van der Waals surface area contributed by atoms with Crippen LogP contribution in [0.4, 0.5) is 8.78 Å². The van der Waals surface area contributed by atoms with E-state index in [1.165, 1.54) is 25.1 Å². The van der Waals surface area contributed by atoms with Crippen LogP contribution >= 0.6 is 15.9 Å². The van der Waals surface area contributed by atoms with Crippen LogP contribution in [0.25, 0.3) is 0 Å². The van der Waals surface area contributed by atoms with Crippen molar-refractivity contribution in [1.29, 1.82) is 0 Å². The molecule has 2 N–H and O–H groups in total. The fourth-order valence-electron chi connectivity index (χ4n) is 1.79. The van der Waals surface area contributed by atoms with E-state index in [4.69, 9.17) is 0 Å². The zero-order valence-electron chi connectivity index (χ0n) is 11.1. The Labute approximate surface area is 128 Å². The minimum atomic E-state index is -0.599. The molecule has 0 spiro atoms. The van der Waals surface area contributed by atoms with Crippen molar-refractivity contribution in [3.8, 4) is 5.75 Å². The number of aryl methyl sites for hydroxylation is 1. The van der Waals surface area contributed by atoms with Gasteiger partial charge in [-0.1, -0.05) is 22.0 Å². The molecule has 0 aliphatic rings. The SMILES string of the molecule is Cc1cc(C(=O)NCc2ccc(Br)cc2F)c(O)cc1F. The van der Waals surface area contributed by atoms with E-state index in [2.05, 4.69) is 21.2 Å². The Morgan fingerprint density at radius 1 is 1.24 bits per heavy atom. The molecular weight excluding hydrogens is 344 g/mol. The van der Waals surface area contributed by atoms with E-state index < -0.39 is 23.3 Å². The molecule has 0 aromatic heterocycles. The van der Waals surface area contributed by atoms with Crippen LogP contribution in [-0.4, -0.2) is 11.0 Å². The van der Waals surface area contributed by atoms with Crippen molar-refractivity contribution in [2.24, 2.45) is 0 Å². The van der Waals surface area contributed by atoms with E-state index in [1.54, 1.807) is 6.07 Å². The molecule has 0 aliphatic carbocycles. The van der Waals surface area contributed by atoms with Crippen LogP contribution in [0.15, 0.2) is 34.8 Å². The summed E-state index contributed by atoms with van der Waals surface area (Å²) < 4.78 is 27.4. The summed E-state index contributed by atoms with van der Waals surface area (Å²) in [6.45, 7) is 1.45. The normalized spacial score (nSPS) is 10.5. The molecule has 0 radical (unpaired) electrons. The van der Waals surface area contributed by atoms with Crippen molar-refractivity contribution in [3.05, 3.63) is 63.1 Å². The highest BCUT2D eigenvalue weighted by Gasteiger charge is 2.14. The van der Waals surface area contributed by atoms with Gasteiger partial charge in [-0.15, -0.1) is 0 Å². The third-order valence-corrected chi connectivity index (χ3v) is 3.47. The highest BCUT2D eigenvalue weighted by Crippen LogP contribution is 2.21. The zero-order chi connectivity index (χ0) is 15.6. The smallest absolute Gasteiger partial charge is 0.255 e. The molecule has 0 heterocycles. The van der Waals surface area contributed by atoms with Gasteiger partial charge in [-0.3, -0.25) is 4.79 Å². The van der Waals surface area contributed by atoms with Crippen LogP contribution in [-0.2, 0) is 6.54 Å². The van der Waals surface area contributed by atoms with Gasteiger partial charge in [-0.05, 0) is 30.7 Å². The van der Waals surface area contributed by atoms with Gasteiger partial charge in [0.2, 0.25) is 0 Å². The van der Waals surface area contributed by atoms with E-state index >= 15 is 0 Å². The third kappa shape index (κ3) is 3.58. The maximum atomic E-state index is 13.6. The van der Waals surface area contributed by atoms with Gasteiger partial charge in [0, 0.05) is 22.6 Å². The van der Waals surface area contributed by atoms with Crippen LogP contribution in [0.1, 0.15) is 21.5 Å². The number of phenols is 1. The van der Waals surface area contributed by atoms with Crippen molar-refractivity contribution in [3.63, 3.8) is 0 Å². The molecule has 0 unspecified atom stereocenters. The van der Waals surface area contributed by atoms with Gasteiger partial charge in [0.1, 0.15) is 17.4 Å². The second-order valence-electron chi connectivity index (χ2n) is 4.54. The maximum Gasteiger partial charge on any atom is 0.255 e. The number of benzene rings is 2. The first-order chi connectivity index (χ1) is 9.88. The first-order valence-corrected chi connectivity index (χ1v) is 6.89. The molecule has 0 bridgehead atoms. The Morgan fingerprint density at radius 2 is 1.95 bits per heavy atom. The van der Waals surface area contributed by atoms with Gasteiger partial charge in [-0.25, -0.2) is 8.78 Å². The Morgan fingerprint density at radius 3 is 2.62 bits per heavy atom. The molecule has 0 atom stereocenters. The van der Waals surface area contributed by atoms with E-state index in [-0.39, 0.29) is 17.7 Å². The quantitative estimate of drug-likeness (QED) is 0.882. The summed E-state index contributed by atoms with van der Waals surface area (Å²) >= 11 is 3.14. The second kappa shape index (κ2) is 6.22.